The first-order chi connectivity index (χ1) is 20.5. The third-order valence-corrected chi connectivity index (χ3v) is 9.90. The molecule has 0 saturated heterocycles. The summed E-state index contributed by atoms with van der Waals surface area (Å²) in [7, 11) is 0. The van der Waals surface area contributed by atoms with Crippen molar-refractivity contribution >= 4 is 0 Å². The van der Waals surface area contributed by atoms with Crippen LogP contribution in [0.1, 0.15) is 111 Å². The number of hydrogen-bond acceptors (Lipinski definition) is 1. The summed E-state index contributed by atoms with van der Waals surface area (Å²) in [5.74, 6) is 0.142. The minimum Gasteiger partial charge on any atom is -0.508 e. The molecule has 0 heterocycles. The molecular weight excluding hydrogens is 515 g/mol. The van der Waals surface area contributed by atoms with Crippen molar-refractivity contribution in [1.29, 1.82) is 0 Å². The highest BCUT2D eigenvalue weighted by molar-refractivity contribution is 5.43. The molecule has 1 N–H and O–H groups in total. The van der Waals surface area contributed by atoms with Crippen LogP contribution < -0.4 is 0 Å². The molecular formula is C40H47FO. The van der Waals surface area contributed by atoms with Gasteiger partial charge < -0.3 is 5.11 Å². The molecule has 6 rings (SSSR count). The van der Waals surface area contributed by atoms with Gasteiger partial charge in [0, 0.05) is 10.8 Å². The van der Waals surface area contributed by atoms with Gasteiger partial charge in [0.1, 0.15) is 11.6 Å². The third-order valence-electron chi connectivity index (χ3n) is 9.90. The Bertz CT molecular complexity index is 1360. The molecule has 4 aromatic carbocycles. The Hall–Kier alpha value is -3.39. The standard InChI is InChI=1S/C21H26.C19H21FO/c1-18-12-14-20(15-13-18)21(19-10-6-5-7-11-19)16-8-3-2-4-9-17-21;20-18-8-4-3-7-17(18)19(13-5-1-2-6-14-19)15-9-11-16(21)12-10-15/h5-7,10-15H,2-4,8-9,16-17H2,1H3;3-4,7-12,21H,1-2,5-6,13-14H2. The van der Waals surface area contributed by atoms with Crippen LogP contribution in [0.3, 0.4) is 0 Å². The molecule has 0 atom stereocenters. The average Bonchev–Trinajstić information content (AvgIpc) is 3.26. The highest BCUT2D eigenvalue weighted by atomic mass is 19.1. The van der Waals surface area contributed by atoms with Crippen LogP contribution >= 0.6 is 0 Å². The number of aryl methyl sites for hydroxylation is 1. The number of aromatic hydroxyl groups is 1. The first-order valence-corrected chi connectivity index (χ1v) is 16.2. The van der Waals surface area contributed by atoms with E-state index in [0.717, 1.165) is 36.8 Å². The highest BCUT2D eigenvalue weighted by Crippen LogP contribution is 2.45. The Morgan fingerprint density at radius 3 is 1.48 bits per heavy atom. The molecule has 0 radical (unpaired) electrons. The molecule has 42 heavy (non-hydrogen) atoms. The topological polar surface area (TPSA) is 20.2 Å². The van der Waals surface area contributed by atoms with Crippen molar-refractivity contribution in [3.8, 4) is 5.75 Å². The molecule has 0 aliphatic heterocycles. The number of benzene rings is 4. The van der Waals surface area contributed by atoms with Gasteiger partial charge in [-0.05, 0) is 73.1 Å². The lowest BCUT2D eigenvalue weighted by molar-refractivity contribution is 0.366. The lowest BCUT2D eigenvalue weighted by Crippen LogP contribution is -2.28. The van der Waals surface area contributed by atoms with Gasteiger partial charge in [-0.1, -0.05) is 148 Å². The van der Waals surface area contributed by atoms with Crippen molar-refractivity contribution < 1.29 is 9.50 Å². The largest absolute Gasteiger partial charge is 0.508 e. The van der Waals surface area contributed by atoms with E-state index in [1.54, 1.807) is 24.3 Å². The van der Waals surface area contributed by atoms with Crippen LogP contribution in [0.25, 0.3) is 0 Å². The Labute approximate surface area is 252 Å². The van der Waals surface area contributed by atoms with Gasteiger partial charge in [-0.3, -0.25) is 0 Å². The number of phenols is 1. The van der Waals surface area contributed by atoms with E-state index < -0.39 is 0 Å². The predicted molar refractivity (Wildman–Crippen MR) is 174 cm³/mol. The summed E-state index contributed by atoms with van der Waals surface area (Å²) in [6.07, 6.45) is 16.1. The second kappa shape index (κ2) is 14.2. The Morgan fingerprint density at radius 1 is 0.476 bits per heavy atom. The zero-order valence-electron chi connectivity index (χ0n) is 25.3. The summed E-state index contributed by atoms with van der Waals surface area (Å²) in [6.45, 7) is 2.18. The van der Waals surface area contributed by atoms with Gasteiger partial charge in [-0.2, -0.15) is 0 Å². The van der Waals surface area contributed by atoms with Crippen LogP contribution in [-0.2, 0) is 10.8 Å². The van der Waals surface area contributed by atoms with Gasteiger partial charge in [-0.25, -0.2) is 4.39 Å². The van der Waals surface area contributed by atoms with E-state index in [-0.39, 0.29) is 22.4 Å². The normalized spacial score (nSPS) is 18.4. The highest BCUT2D eigenvalue weighted by Gasteiger charge is 2.37. The molecule has 0 amide bonds. The molecule has 1 nitrogen and oxygen atoms in total. The molecule has 2 aliphatic carbocycles. The summed E-state index contributed by atoms with van der Waals surface area (Å²) in [6, 6.07) is 35.0. The maximum absolute atomic E-state index is 14.5. The fourth-order valence-electron chi connectivity index (χ4n) is 7.56. The minimum absolute atomic E-state index is 0.118. The van der Waals surface area contributed by atoms with E-state index in [0.29, 0.717) is 0 Å². The average molecular weight is 563 g/mol. The fraction of sp³-hybridized carbons (Fsp3) is 0.400. The number of phenolic OH excluding ortho intramolecular Hbond substituents is 1. The molecule has 220 valence electrons. The van der Waals surface area contributed by atoms with E-state index in [1.807, 2.05) is 24.3 Å². The SMILES string of the molecule is Cc1ccc(C2(c3ccccc3)CCCCCCC2)cc1.Oc1ccc(C2(c3ccccc3F)CCCCCC2)cc1. The second-order valence-electron chi connectivity index (χ2n) is 12.6. The predicted octanol–water partition coefficient (Wildman–Crippen LogP) is 11.2. The zero-order chi connectivity index (χ0) is 29.3. The van der Waals surface area contributed by atoms with E-state index >= 15 is 0 Å². The Balaban J connectivity index is 0.000000168. The first-order valence-electron chi connectivity index (χ1n) is 16.2. The van der Waals surface area contributed by atoms with Gasteiger partial charge in [0.2, 0.25) is 0 Å². The summed E-state index contributed by atoms with van der Waals surface area (Å²) in [5.41, 5.74) is 6.28. The number of hydrogen-bond donors (Lipinski definition) is 1. The molecule has 2 heteroatoms. The second-order valence-corrected chi connectivity index (χ2v) is 12.6. The fourth-order valence-corrected chi connectivity index (χ4v) is 7.56. The molecule has 2 saturated carbocycles. The van der Waals surface area contributed by atoms with E-state index in [4.69, 9.17) is 0 Å². The summed E-state index contributed by atoms with van der Waals surface area (Å²) >= 11 is 0. The van der Waals surface area contributed by atoms with Crippen LogP contribution in [0.4, 0.5) is 4.39 Å². The Morgan fingerprint density at radius 2 is 0.905 bits per heavy atom. The van der Waals surface area contributed by atoms with Gasteiger partial charge >= 0.3 is 0 Å². The Kier molecular flexibility index (Phi) is 10.2. The van der Waals surface area contributed by atoms with Crippen LogP contribution in [0.5, 0.6) is 5.75 Å². The first kappa shape index (κ1) is 30.1. The van der Waals surface area contributed by atoms with Crippen molar-refractivity contribution in [1.82, 2.24) is 0 Å². The van der Waals surface area contributed by atoms with Gasteiger partial charge in [0.25, 0.3) is 0 Å². The lowest BCUT2D eigenvalue weighted by atomic mass is 9.67. The van der Waals surface area contributed by atoms with Crippen LogP contribution in [0.15, 0.2) is 103 Å². The quantitative estimate of drug-likeness (QED) is 0.245. The van der Waals surface area contributed by atoms with Crippen molar-refractivity contribution in [2.45, 2.75) is 101 Å². The van der Waals surface area contributed by atoms with Crippen molar-refractivity contribution in [3.05, 3.63) is 137 Å². The van der Waals surface area contributed by atoms with Crippen LogP contribution in [0, 0.1) is 12.7 Å². The van der Waals surface area contributed by atoms with Crippen molar-refractivity contribution in [3.63, 3.8) is 0 Å². The van der Waals surface area contributed by atoms with Crippen molar-refractivity contribution in [2.75, 3.05) is 0 Å². The van der Waals surface area contributed by atoms with Gasteiger partial charge in [0.05, 0.1) is 0 Å². The molecule has 2 fully saturated rings. The minimum atomic E-state index is -0.254. The molecule has 4 aromatic rings. The number of rotatable bonds is 4. The van der Waals surface area contributed by atoms with E-state index in [2.05, 4.69) is 61.5 Å². The maximum atomic E-state index is 14.5. The smallest absolute Gasteiger partial charge is 0.127 e. The van der Waals surface area contributed by atoms with Gasteiger partial charge in [0.15, 0.2) is 0 Å². The third kappa shape index (κ3) is 6.80. The summed E-state index contributed by atoms with van der Waals surface area (Å²) < 4.78 is 14.5. The molecule has 2 aliphatic rings. The van der Waals surface area contributed by atoms with Gasteiger partial charge in [-0.15, -0.1) is 0 Å². The lowest BCUT2D eigenvalue weighted by Gasteiger charge is -2.37. The summed E-state index contributed by atoms with van der Waals surface area (Å²) in [4.78, 5) is 0. The number of halogens is 1. The monoisotopic (exact) mass is 562 g/mol. The van der Waals surface area contributed by atoms with E-state index in [1.165, 1.54) is 74.5 Å². The molecule has 0 spiro atoms. The molecule has 0 aromatic heterocycles. The maximum Gasteiger partial charge on any atom is 0.127 e. The molecule has 0 unspecified atom stereocenters. The van der Waals surface area contributed by atoms with Crippen molar-refractivity contribution in [2.24, 2.45) is 0 Å². The van der Waals surface area contributed by atoms with Crippen LogP contribution in [0.2, 0.25) is 0 Å². The molecule has 0 bridgehead atoms. The van der Waals surface area contributed by atoms with Crippen LogP contribution in [-0.4, -0.2) is 5.11 Å². The van der Waals surface area contributed by atoms with E-state index in [9.17, 15) is 9.50 Å². The zero-order valence-corrected chi connectivity index (χ0v) is 25.3. The summed E-state index contributed by atoms with van der Waals surface area (Å²) in [5, 5.41) is 9.55.